The van der Waals surface area contributed by atoms with Gasteiger partial charge in [-0.05, 0) is 37.5 Å². The summed E-state index contributed by atoms with van der Waals surface area (Å²) in [6.07, 6.45) is 2.23. The number of hydrogen-bond acceptors (Lipinski definition) is 3. The number of piperidine rings is 1. The van der Waals surface area contributed by atoms with Gasteiger partial charge in [-0.2, -0.15) is 0 Å². The van der Waals surface area contributed by atoms with Crippen LogP contribution in [0.15, 0.2) is 28.7 Å². The third kappa shape index (κ3) is 3.03. The summed E-state index contributed by atoms with van der Waals surface area (Å²) < 4.78 is 0.928. The Balaban J connectivity index is 1.69. The molecule has 2 fully saturated rings. The van der Waals surface area contributed by atoms with Gasteiger partial charge in [-0.1, -0.05) is 22.0 Å². The third-order valence-electron chi connectivity index (χ3n) is 4.47. The van der Waals surface area contributed by atoms with Crippen LogP contribution in [0.25, 0.3) is 0 Å². The zero-order valence-corrected chi connectivity index (χ0v) is 14.0. The molecule has 3 rings (SSSR count). The van der Waals surface area contributed by atoms with Crippen LogP contribution >= 0.6 is 15.9 Å². The predicted octanol–water partition coefficient (Wildman–Crippen LogP) is 1.75. The topological polar surface area (TPSA) is 66.6 Å². The van der Waals surface area contributed by atoms with Crippen LogP contribution < -0.4 is 10.6 Å². The highest BCUT2D eigenvalue weighted by Crippen LogP contribution is 2.29. The summed E-state index contributed by atoms with van der Waals surface area (Å²) in [7, 11) is 0. The summed E-state index contributed by atoms with van der Waals surface area (Å²) in [5.41, 5.74) is 6.72. The molecule has 2 aliphatic rings. The van der Waals surface area contributed by atoms with E-state index in [9.17, 15) is 9.59 Å². The molecule has 0 spiro atoms. The second-order valence-electron chi connectivity index (χ2n) is 5.97. The first-order valence-electron chi connectivity index (χ1n) is 7.67. The largest absolute Gasteiger partial charge is 0.342 e. The molecule has 22 heavy (non-hydrogen) atoms. The van der Waals surface area contributed by atoms with Gasteiger partial charge in [0.1, 0.15) is 5.92 Å². The lowest BCUT2D eigenvalue weighted by atomic mass is 10.0. The zero-order valence-electron chi connectivity index (χ0n) is 12.4. The minimum absolute atomic E-state index is 0.0330. The molecule has 0 bridgehead atoms. The van der Waals surface area contributed by atoms with Crippen LogP contribution in [0, 0.1) is 5.92 Å². The average molecular weight is 366 g/mol. The van der Waals surface area contributed by atoms with E-state index in [1.807, 2.05) is 24.3 Å². The van der Waals surface area contributed by atoms with E-state index in [0.717, 1.165) is 23.0 Å². The fourth-order valence-corrected chi connectivity index (χ4v) is 3.54. The molecule has 1 aromatic carbocycles. The van der Waals surface area contributed by atoms with Gasteiger partial charge >= 0.3 is 0 Å². The number of benzene rings is 1. The molecule has 2 saturated heterocycles. The van der Waals surface area contributed by atoms with E-state index in [2.05, 4.69) is 15.9 Å². The first-order chi connectivity index (χ1) is 10.6. The molecule has 1 aromatic rings. The van der Waals surface area contributed by atoms with Gasteiger partial charge in [-0.3, -0.25) is 9.59 Å². The molecule has 2 N–H and O–H groups in total. The van der Waals surface area contributed by atoms with E-state index in [-0.39, 0.29) is 17.9 Å². The smallest absolute Gasteiger partial charge is 0.239 e. The van der Waals surface area contributed by atoms with Gasteiger partial charge in [0.25, 0.3) is 0 Å². The van der Waals surface area contributed by atoms with E-state index in [4.69, 9.17) is 5.73 Å². The monoisotopic (exact) mass is 365 g/mol. The summed E-state index contributed by atoms with van der Waals surface area (Å²) in [6, 6.07) is 7.80. The van der Waals surface area contributed by atoms with Crippen molar-refractivity contribution >= 4 is 33.4 Å². The summed E-state index contributed by atoms with van der Waals surface area (Å²) in [5, 5.41) is 0. The second kappa shape index (κ2) is 6.38. The van der Waals surface area contributed by atoms with E-state index in [1.54, 1.807) is 9.80 Å². The molecule has 6 heteroatoms. The lowest BCUT2D eigenvalue weighted by molar-refractivity contribution is -0.140. The summed E-state index contributed by atoms with van der Waals surface area (Å²) in [4.78, 5) is 28.7. The Bertz CT molecular complexity index is 585. The van der Waals surface area contributed by atoms with E-state index >= 15 is 0 Å². The van der Waals surface area contributed by atoms with Crippen LogP contribution in [0.3, 0.4) is 0 Å². The quantitative estimate of drug-likeness (QED) is 0.811. The van der Waals surface area contributed by atoms with Gasteiger partial charge in [0, 0.05) is 35.8 Å². The predicted molar refractivity (Wildman–Crippen MR) is 88.4 cm³/mol. The van der Waals surface area contributed by atoms with Gasteiger partial charge in [0.05, 0.1) is 0 Å². The number of nitrogens with two attached hydrogens (primary N) is 1. The molecule has 0 aliphatic carbocycles. The van der Waals surface area contributed by atoms with Crippen LogP contribution in [0.5, 0.6) is 0 Å². The van der Waals surface area contributed by atoms with Crippen LogP contribution in [-0.4, -0.2) is 42.4 Å². The van der Waals surface area contributed by atoms with Crippen molar-refractivity contribution in [2.75, 3.05) is 24.5 Å². The number of hydrogen-bond donors (Lipinski definition) is 1. The molecule has 2 heterocycles. The van der Waals surface area contributed by atoms with Gasteiger partial charge in [0.15, 0.2) is 0 Å². The Hall–Kier alpha value is -1.40. The number of carbonyl (C=O) groups excluding carboxylic acids is 2. The van der Waals surface area contributed by atoms with E-state index < -0.39 is 5.92 Å². The van der Waals surface area contributed by atoms with Gasteiger partial charge in [-0.15, -0.1) is 0 Å². The number of nitrogens with zero attached hydrogens (tertiary/aromatic N) is 2. The number of amides is 2. The van der Waals surface area contributed by atoms with E-state index in [0.29, 0.717) is 26.1 Å². The molecule has 0 radical (unpaired) electrons. The molecule has 2 amide bonds. The van der Waals surface area contributed by atoms with Crippen molar-refractivity contribution < 1.29 is 9.59 Å². The van der Waals surface area contributed by atoms with Crippen molar-refractivity contribution in [3.63, 3.8) is 0 Å². The van der Waals surface area contributed by atoms with Gasteiger partial charge < -0.3 is 15.5 Å². The Morgan fingerprint density at radius 3 is 2.59 bits per heavy atom. The normalized spacial score (nSPS) is 23.2. The number of anilines is 1. The molecule has 2 aliphatic heterocycles. The van der Waals surface area contributed by atoms with Crippen LogP contribution in [0.4, 0.5) is 5.69 Å². The molecule has 5 nitrogen and oxygen atoms in total. The maximum absolute atomic E-state index is 12.6. The molecule has 0 saturated carbocycles. The highest BCUT2D eigenvalue weighted by Gasteiger charge is 2.40. The molecule has 0 aromatic heterocycles. The van der Waals surface area contributed by atoms with Crippen molar-refractivity contribution in [3.05, 3.63) is 28.7 Å². The Morgan fingerprint density at radius 2 is 1.91 bits per heavy atom. The zero-order chi connectivity index (χ0) is 15.7. The van der Waals surface area contributed by atoms with Crippen molar-refractivity contribution in [2.45, 2.75) is 25.3 Å². The lowest BCUT2D eigenvalue weighted by Gasteiger charge is -2.31. The fraction of sp³-hybridized carbons (Fsp3) is 0.500. The molecule has 118 valence electrons. The van der Waals surface area contributed by atoms with Crippen molar-refractivity contribution in [1.29, 1.82) is 0 Å². The van der Waals surface area contributed by atoms with Crippen LogP contribution in [-0.2, 0) is 9.59 Å². The van der Waals surface area contributed by atoms with Crippen LogP contribution in [0.2, 0.25) is 0 Å². The van der Waals surface area contributed by atoms with Gasteiger partial charge in [0.2, 0.25) is 11.8 Å². The maximum atomic E-state index is 12.6. The lowest BCUT2D eigenvalue weighted by Crippen LogP contribution is -2.46. The molecular weight excluding hydrogens is 346 g/mol. The number of carbonyl (C=O) groups is 2. The Labute approximate surface area is 138 Å². The van der Waals surface area contributed by atoms with Crippen LogP contribution in [0.1, 0.15) is 19.3 Å². The minimum atomic E-state index is -0.534. The first-order valence-corrected chi connectivity index (χ1v) is 8.47. The Kier molecular flexibility index (Phi) is 4.49. The highest BCUT2D eigenvalue weighted by atomic mass is 79.9. The third-order valence-corrected chi connectivity index (χ3v) is 4.97. The summed E-state index contributed by atoms with van der Waals surface area (Å²) >= 11 is 3.42. The number of likely N-dealkylation sites (tertiary alicyclic amines) is 1. The average Bonchev–Trinajstić information content (AvgIpc) is 2.89. The maximum Gasteiger partial charge on any atom is 0.239 e. The molecule has 1 unspecified atom stereocenters. The standard InChI is InChI=1S/C16H20BrN3O2/c17-11-2-1-3-13(10-11)20-9-6-14(16(20)22)15(21)19-7-4-12(18)5-8-19/h1-3,10,12,14H,4-9,18H2. The Morgan fingerprint density at radius 1 is 1.18 bits per heavy atom. The molecular formula is C16H20BrN3O2. The van der Waals surface area contributed by atoms with E-state index in [1.165, 1.54) is 0 Å². The first kappa shape index (κ1) is 15.5. The SMILES string of the molecule is NC1CCN(C(=O)C2CCN(c3cccc(Br)c3)C2=O)CC1. The van der Waals surface area contributed by atoms with Gasteiger partial charge in [-0.25, -0.2) is 0 Å². The number of rotatable bonds is 2. The van der Waals surface area contributed by atoms with Crippen molar-refractivity contribution in [1.82, 2.24) is 4.90 Å². The van der Waals surface area contributed by atoms with Crippen molar-refractivity contribution in [3.8, 4) is 0 Å². The minimum Gasteiger partial charge on any atom is -0.342 e. The fourth-order valence-electron chi connectivity index (χ4n) is 3.15. The number of halogens is 1. The molecule has 1 atom stereocenters. The second-order valence-corrected chi connectivity index (χ2v) is 6.89. The summed E-state index contributed by atoms with van der Waals surface area (Å²) in [6.45, 7) is 1.93. The van der Waals surface area contributed by atoms with Crippen molar-refractivity contribution in [2.24, 2.45) is 11.7 Å². The summed E-state index contributed by atoms with van der Waals surface area (Å²) in [5.74, 6) is -0.652. The highest BCUT2D eigenvalue weighted by molar-refractivity contribution is 9.10.